The summed E-state index contributed by atoms with van der Waals surface area (Å²) in [5.41, 5.74) is 2.27. The number of carbonyl (C=O) groups excluding carboxylic acids is 1. The Morgan fingerprint density at radius 1 is 1.23 bits per heavy atom. The molecule has 1 aromatic rings. The second-order valence-electron chi connectivity index (χ2n) is 8.62. The fraction of sp³-hybridized carbons (Fsp3) is 0.667. The highest BCUT2D eigenvalue weighted by Gasteiger charge is 2.31. The largest absolute Gasteiger partial charge is 0.487 e. The maximum absolute atomic E-state index is 12.6. The molecule has 5 heteroatoms. The summed E-state index contributed by atoms with van der Waals surface area (Å²) in [7, 11) is 0. The van der Waals surface area contributed by atoms with E-state index in [1.807, 2.05) is 11.0 Å². The molecule has 2 amide bonds. The van der Waals surface area contributed by atoms with E-state index < -0.39 is 0 Å². The van der Waals surface area contributed by atoms with Crippen molar-refractivity contribution in [3.8, 4) is 5.75 Å². The molecule has 3 aliphatic rings. The average Bonchev–Trinajstić information content (AvgIpc) is 3.23. The number of urea groups is 1. The van der Waals surface area contributed by atoms with Crippen LogP contribution in [0.5, 0.6) is 5.75 Å². The van der Waals surface area contributed by atoms with Crippen molar-refractivity contribution < 1.29 is 9.53 Å². The summed E-state index contributed by atoms with van der Waals surface area (Å²) in [4.78, 5) is 17.1. The molecule has 0 aromatic heterocycles. The van der Waals surface area contributed by atoms with Crippen molar-refractivity contribution >= 4 is 6.03 Å². The van der Waals surface area contributed by atoms with Crippen LogP contribution >= 0.6 is 0 Å². The SMILES string of the molecule is CC1(C)Cc2cc(CNC(=O)N3CC[C@H](N4CCCCC4)C3)ccc2O1. The Balaban J connectivity index is 1.28. The highest BCUT2D eigenvalue weighted by Crippen LogP contribution is 2.35. The highest BCUT2D eigenvalue weighted by atomic mass is 16.5. The summed E-state index contributed by atoms with van der Waals surface area (Å²) < 4.78 is 5.93. The molecule has 26 heavy (non-hydrogen) atoms. The average molecular weight is 357 g/mol. The second kappa shape index (κ2) is 7.10. The van der Waals surface area contributed by atoms with Gasteiger partial charge in [0.25, 0.3) is 0 Å². The molecule has 0 aliphatic carbocycles. The van der Waals surface area contributed by atoms with Crippen molar-refractivity contribution in [2.24, 2.45) is 0 Å². The minimum Gasteiger partial charge on any atom is -0.487 e. The van der Waals surface area contributed by atoms with Gasteiger partial charge in [0.05, 0.1) is 0 Å². The van der Waals surface area contributed by atoms with E-state index >= 15 is 0 Å². The van der Waals surface area contributed by atoms with E-state index in [2.05, 4.69) is 36.2 Å². The molecule has 2 fully saturated rings. The Kier molecular flexibility index (Phi) is 4.82. The Hall–Kier alpha value is -1.75. The number of rotatable bonds is 3. The first-order valence-electron chi connectivity index (χ1n) is 10.1. The third kappa shape index (κ3) is 3.83. The summed E-state index contributed by atoms with van der Waals surface area (Å²) in [5, 5.41) is 3.10. The lowest BCUT2D eigenvalue weighted by Gasteiger charge is -2.32. The predicted molar refractivity (Wildman–Crippen MR) is 102 cm³/mol. The second-order valence-corrected chi connectivity index (χ2v) is 8.62. The predicted octanol–water partition coefficient (Wildman–Crippen LogP) is 3.17. The van der Waals surface area contributed by atoms with Crippen molar-refractivity contribution in [2.45, 2.75) is 64.1 Å². The lowest BCUT2D eigenvalue weighted by Crippen LogP contribution is -2.43. The Bertz CT molecular complexity index is 667. The van der Waals surface area contributed by atoms with Gasteiger partial charge in [-0.1, -0.05) is 18.6 Å². The van der Waals surface area contributed by atoms with Gasteiger partial charge in [0.15, 0.2) is 0 Å². The number of benzene rings is 1. The van der Waals surface area contributed by atoms with Gasteiger partial charge < -0.3 is 15.0 Å². The molecule has 0 bridgehead atoms. The third-order valence-electron chi connectivity index (χ3n) is 5.93. The van der Waals surface area contributed by atoms with Crippen LogP contribution in [0.3, 0.4) is 0 Å². The molecule has 1 aromatic carbocycles. The van der Waals surface area contributed by atoms with E-state index in [9.17, 15) is 4.79 Å². The van der Waals surface area contributed by atoms with Gasteiger partial charge in [-0.15, -0.1) is 0 Å². The number of piperidine rings is 1. The van der Waals surface area contributed by atoms with E-state index in [0.29, 0.717) is 12.6 Å². The maximum atomic E-state index is 12.6. The number of carbonyl (C=O) groups is 1. The van der Waals surface area contributed by atoms with Crippen molar-refractivity contribution in [2.75, 3.05) is 26.2 Å². The maximum Gasteiger partial charge on any atom is 0.317 e. The van der Waals surface area contributed by atoms with Crippen LogP contribution in [0.4, 0.5) is 4.79 Å². The molecule has 5 nitrogen and oxygen atoms in total. The van der Waals surface area contributed by atoms with Crippen molar-refractivity contribution in [3.63, 3.8) is 0 Å². The van der Waals surface area contributed by atoms with E-state index in [0.717, 1.165) is 37.2 Å². The molecule has 0 spiro atoms. The van der Waals surface area contributed by atoms with Crippen LogP contribution in [0.25, 0.3) is 0 Å². The standard InChI is InChI=1S/C21H31N3O2/c1-21(2)13-17-12-16(6-7-19(17)26-21)14-22-20(25)24-11-8-18(15-24)23-9-4-3-5-10-23/h6-7,12,18H,3-5,8-11,13-15H2,1-2H3,(H,22,25)/t18-/m0/s1. The molecule has 3 heterocycles. The Morgan fingerprint density at radius 3 is 2.85 bits per heavy atom. The smallest absolute Gasteiger partial charge is 0.317 e. The summed E-state index contributed by atoms with van der Waals surface area (Å²) in [6, 6.07) is 6.89. The molecular weight excluding hydrogens is 326 g/mol. The monoisotopic (exact) mass is 357 g/mol. The number of fused-ring (bicyclic) bond motifs is 1. The molecule has 2 saturated heterocycles. The first kappa shape index (κ1) is 17.7. The number of hydrogen-bond donors (Lipinski definition) is 1. The number of nitrogens with zero attached hydrogens (tertiary/aromatic N) is 2. The van der Waals surface area contributed by atoms with Crippen molar-refractivity contribution in [1.29, 1.82) is 0 Å². The zero-order valence-electron chi connectivity index (χ0n) is 16.1. The molecule has 1 N–H and O–H groups in total. The van der Waals surface area contributed by atoms with Crippen LogP contribution in [0.15, 0.2) is 18.2 Å². The molecule has 3 aliphatic heterocycles. The van der Waals surface area contributed by atoms with Gasteiger partial charge in [-0.05, 0) is 63.4 Å². The lowest BCUT2D eigenvalue weighted by molar-refractivity contribution is 0.138. The summed E-state index contributed by atoms with van der Waals surface area (Å²) >= 11 is 0. The molecule has 0 saturated carbocycles. The summed E-state index contributed by atoms with van der Waals surface area (Å²) in [6.07, 6.45) is 6.01. The molecule has 1 atom stereocenters. The van der Waals surface area contributed by atoms with Crippen LogP contribution in [-0.2, 0) is 13.0 Å². The Labute approximate surface area is 156 Å². The molecular formula is C21H31N3O2. The zero-order chi connectivity index (χ0) is 18.1. The van der Waals surface area contributed by atoms with Gasteiger partial charge in [0.2, 0.25) is 0 Å². The van der Waals surface area contributed by atoms with Gasteiger partial charge in [-0.25, -0.2) is 4.79 Å². The van der Waals surface area contributed by atoms with Crippen LogP contribution in [0.1, 0.15) is 50.7 Å². The zero-order valence-corrected chi connectivity index (χ0v) is 16.1. The van der Waals surface area contributed by atoms with Crippen molar-refractivity contribution in [3.05, 3.63) is 29.3 Å². The summed E-state index contributed by atoms with van der Waals surface area (Å²) in [5.74, 6) is 0.981. The van der Waals surface area contributed by atoms with Crippen LogP contribution < -0.4 is 10.1 Å². The topological polar surface area (TPSA) is 44.8 Å². The number of likely N-dealkylation sites (tertiary alicyclic amines) is 2. The van der Waals surface area contributed by atoms with E-state index in [4.69, 9.17) is 4.74 Å². The minimum atomic E-state index is -0.122. The Morgan fingerprint density at radius 2 is 2.04 bits per heavy atom. The molecule has 142 valence electrons. The van der Waals surface area contributed by atoms with Crippen LogP contribution in [0, 0.1) is 0 Å². The highest BCUT2D eigenvalue weighted by molar-refractivity contribution is 5.74. The fourth-order valence-electron chi connectivity index (χ4n) is 4.57. The van der Waals surface area contributed by atoms with Crippen LogP contribution in [-0.4, -0.2) is 53.7 Å². The van der Waals surface area contributed by atoms with E-state index in [-0.39, 0.29) is 11.6 Å². The van der Waals surface area contributed by atoms with Crippen molar-refractivity contribution in [1.82, 2.24) is 15.1 Å². The lowest BCUT2D eigenvalue weighted by atomic mass is 10.0. The third-order valence-corrected chi connectivity index (χ3v) is 5.93. The quantitative estimate of drug-likeness (QED) is 0.904. The number of ether oxygens (including phenoxy) is 1. The number of amides is 2. The minimum absolute atomic E-state index is 0.0709. The van der Waals surface area contributed by atoms with Crippen LogP contribution in [0.2, 0.25) is 0 Å². The first-order valence-corrected chi connectivity index (χ1v) is 10.1. The molecule has 0 radical (unpaired) electrons. The van der Waals surface area contributed by atoms with Gasteiger partial charge in [-0.3, -0.25) is 4.90 Å². The summed E-state index contributed by atoms with van der Waals surface area (Å²) in [6.45, 7) is 8.96. The van der Waals surface area contributed by atoms with Gasteiger partial charge in [0.1, 0.15) is 11.4 Å². The molecule has 4 rings (SSSR count). The normalized spacial score (nSPS) is 25.0. The van der Waals surface area contributed by atoms with Gasteiger partial charge in [-0.2, -0.15) is 0 Å². The van der Waals surface area contributed by atoms with E-state index in [1.54, 1.807) is 0 Å². The fourth-order valence-corrected chi connectivity index (χ4v) is 4.57. The first-order chi connectivity index (χ1) is 12.5. The number of hydrogen-bond acceptors (Lipinski definition) is 3. The number of nitrogens with one attached hydrogen (secondary N) is 1. The molecule has 0 unspecified atom stereocenters. The van der Waals surface area contributed by atoms with Gasteiger partial charge in [0, 0.05) is 32.1 Å². The van der Waals surface area contributed by atoms with E-state index in [1.165, 1.54) is 37.9 Å². The van der Waals surface area contributed by atoms with Gasteiger partial charge >= 0.3 is 6.03 Å².